The zero-order chi connectivity index (χ0) is 21.3. The molecule has 1 atom stereocenters. The number of rotatable bonds is 8. The van der Waals surface area contributed by atoms with E-state index in [0.717, 1.165) is 11.1 Å². The van der Waals surface area contributed by atoms with Crippen LogP contribution < -0.4 is 10.1 Å². The molecule has 3 aromatic rings. The van der Waals surface area contributed by atoms with Crippen LogP contribution >= 0.6 is 0 Å². The largest absolute Gasteiger partial charge is 0.508 e. The number of phenols is 1. The number of aromatic hydroxyl groups is 1. The van der Waals surface area contributed by atoms with Gasteiger partial charge in [-0.3, -0.25) is 4.79 Å². The maximum absolute atomic E-state index is 12.5. The van der Waals surface area contributed by atoms with Crippen LogP contribution in [0.4, 0.5) is 0 Å². The number of ether oxygens (including phenoxy) is 2. The zero-order valence-corrected chi connectivity index (χ0v) is 16.6. The first-order valence-corrected chi connectivity index (χ1v) is 9.48. The summed E-state index contributed by atoms with van der Waals surface area (Å²) >= 11 is 0. The first kappa shape index (κ1) is 20.9. The molecule has 30 heavy (non-hydrogen) atoms. The number of nitrogens with one attached hydrogen (secondary N) is 1. The van der Waals surface area contributed by atoms with Crippen LogP contribution in [-0.2, 0) is 22.6 Å². The summed E-state index contributed by atoms with van der Waals surface area (Å²) in [5, 5.41) is 12.2. The van der Waals surface area contributed by atoms with Gasteiger partial charge in [-0.1, -0.05) is 48.5 Å². The number of amides is 1. The number of hydrogen-bond donors (Lipinski definition) is 2. The molecule has 0 spiro atoms. The summed E-state index contributed by atoms with van der Waals surface area (Å²) in [5.41, 5.74) is 2.12. The first-order chi connectivity index (χ1) is 14.5. The molecule has 0 aromatic heterocycles. The average molecular weight is 405 g/mol. The lowest BCUT2D eigenvalue weighted by Gasteiger charge is -2.17. The minimum Gasteiger partial charge on any atom is -0.508 e. The van der Waals surface area contributed by atoms with Gasteiger partial charge in [-0.25, -0.2) is 4.79 Å². The van der Waals surface area contributed by atoms with Crippen LogP contribution in [-0.4, -0.2) is 30.1 Å². The maximum Gasteiger partial charge on any atom is 0.328 e. The van der Waals surface area contributed by atoms with Crippen molar-refractivity contribution in [3.8, 4) is 11.5 Å². The Kier molecular flexibility index (Phi) is 7.05. The predicted octanol–water partition coefficient (Wildman–Crippen LogP) is 3.49. The van der Waals surface area contributed by atoms with Gasteiger partial charge >= 0.3 is 5.97 Å². The van der Waals surface area contributed by atoms with Crippen molar-refractivity contribution in [1.82, 2.24) is 5.32 Å². The highest BCUT2D eigenvalue weighted by Gasteiger charge is 2.23. The molecule has 0 aliphatic heterocycles. The van der Waals surface area contributed by atoms with Gasteiger partial charge in [0.15, 0.2) is 0 Å². The van der Waals surface area contributed by atoms with Gasteiger partial charge in [-0.05, 0) is 41.5 Å². The molecule has 0 radical (unpaired) electrons. The molecule has 6 heteroatoms. The normalized spacial score (nSPS) is 11.4. The highest BCUT2D eigenvalue weighted by molar-refractivity contribution is 5.97. The second kappa shape index (κ2) is 10.1. The second-order valence-corrected chi connectivity index (χ2v) is 6.73. The molecule has 0 fully saturated rings. The molecule has 0 saturated heterocycles. The Bertz CT molecular complexity index is 1000. The van der Waals surface area contributed by atoms with Crippen molar-refractivity contribution in [3.05, 3.63) is 95.6 Å². The van der Waals surface area contributed by atoms with Crippen LogP contribution in [0.5, 0.6) is 11.5 Å². The molecule has 0 bridgehead atoms. The summed E-state index contributed by atoms with van der Waals surface area (Å²) in [4.78, 5) is 24.7. The van der Waals surface area contributed by atoms with Crippen molar-refractivity contribution in [2.24, 2.45) is 0 Å². The third-order valence-electron chi connectivity index (χ3n) is 4.49. The summed E-state index contributed by atoms with van der Waals surface area (Å²) in [5.74, 6) is -0.392. The quantitative estimate of drug-likeness (QED) is 0.561. The Hall–Kier alpha value is -3.80. The summed E-state index contributed by atoms with van der Waals surface area (Å²) in [7, 11) is 1.27. The molecule has 0 aliphatic rings. The topological polar surface area (TPSA) is 84.9 Å². The molecule has 0 unspecified atom stereocenters. The lowest BCUT2D eigenvalue weighted by Crippen LogP contribution is -2.43. The Balaban J connectivity index is 1.68. The van der Waals surface area contributed by atoms with Crippen LogP contribution in [0.3, 0.4) is 0 Å². The molecule has 0 aliphatic carbocycles. The molecule has 2 N–H and O–H groups in total. The highest BCUT2D eigenvalue weighted by Crippen LogP contribution is 2.17. The van der Waals surface area contributed by atoms with E-state index in [-0.39, 0.29) is 17.7 Å². The summed E-state index contributed by atoms with van der Waals surface area (Å²) in [6.07, 6.45) is 0.236. The van der Waals surface area contributed by atoms with Gasteiger partial charge in [0, 0.05) is 12.0 Å². The SMILES string of the molecule is COC(=O)[C@@H](Cc1cccc(OCc2ccccc2)c1)NC(=O)c1cccc(O)c1. The van der Waals surface area contributed by atoms with E-state index >= 15 is 0 Å². The number of carbonyl (C=O) groups excluding carboxylic acids is 2. The van der Waals surface area contributed by atoms with E-state index in [2.05, 4.69) is 5.32 Å². The molecular weight excluding hydrogens is 382 g/mol. The molecule has 0 saturated carbocycles. The van der Waals surface area contributed by atoms with Crippen molar-refractivity contribution in [2.75, 3.05) is 7.11 Å². The number of carbonyl (C=O) groups is 2. The second-order valence-electron chi connectivity index (χ2n) is 6.73. The Morgan fingerprint density at radius 3 is 2.40 bits per heavy atom. The maximum atomic E-state index is 12.5. The number of benzene rings is 3. The van der Waals surface area contributed by atoms with E-state index in [1.54, 1.807) is 12.1 Å². The van der Waals surface area contributed by atoms with Gasteiger partial charge in [-0.2, -0.15) is 0 Å². The van der Waals surface area contributed by atoms with E-state index < -0.39 is 17.9 Å². The Morgan fingerprint density at radius 2 is 1.67 bits per heavy atom. The van der Waals surface area contributed by atoms with Crippen molar-refractivity contribution in [3.63, 3.8) is 0 Å². The summed E-state index contributed by atoms with van der Waals surface area (Å²) in [6, 6.07) is 22.2. The fraction of sp³-hybridized carbons (Fsp3) is 0.167. The Labute approximate surface area is 175 Å². The van der Waals surface area contributed by atoms with Gasteiger partial charge in [0.05, 0.1) is 7.11 Å². The molecule has 6 nitrogen and oxygen atoms in total. The summed E-state index contributed by atoms with van der Waals surface area (Å²) in [6.45, 7) is 0.430. The number of esters is 1. The molecule has 0 heterocycles. The number of hydrogen-bond acceptors (Lipinski definition) is 5. The fourth-order valence-electron chi connectivity index (χ4n) is 2.96. The Morgan fingerprint density at radius 1 is 0.933 bits per heavy atom. The molecule has 1 amide bonds. The van der Waals surface area contributed by atoms with E-state index in [4.69, 9.17) is 9.47 Å². The van der Waals surface area contributed by atoms with E-state index in [9.17, 15) is 14.7 Å². The van der Waals surface area contributed by atoms with Gasteiger partial charge in [-0.15, -0.1) is 0 Å². The lowest BCUT2D eigenvalue weighted by molar-refractivity contribution is -0.142. The molecule has 3 rings (SSSR count). The fourth-order valence-corrected chi connectivity index (χ4v) is 2.96. The molecular formula is C24H23NO5. The smallest absolute Gasteiger partial charge is 0.328 e. The average Bonchev–Trinajstić information content (AvgIpc) is 2.77. The number of methoxy groups -OCH3 is 1. The van der Waals surface area contributed by atoms with Crippen LogP contribution in [0.2, 0.25) is 0 Å². The zero-order valence-electron chi connectivity index (χ0n) is 16.6. The van der Waals surface area contributed by atoms with Crippen molar-refractivity contribution >= 4 is 11.9 Å². The standard InChI is InChI=1S/C24H23NO5/c1-29-24(28)22(25-23(27)19-10-6-11-20(26)15-19)14-18-9-5-12-21(13-18)30-16-17-7-3-2-4-8-17/h2-13,15,22,26H,14,16H2,1H3,(H,25,27)/t22-/m1/s1. The van der Waals surface area contributed by atoms with E-state index in [0.29, 0.717) is 12.4 Å². The van der Waals surface area contributed by atoms with Crippen molar-refractivity contribution < 1.29 is 24.2 Å². The van der Waals surface area contributed by atoms with Crippen LogP contribution in [0.1, 0.15) is 21.5 Å². The minimum absolute atomic E-state index is 0.0273. The van der Waals surface area contributed by atoms with E-state index in [1.807, 2.05) is 54.6 Å². The van der Waals surface area contributed by atoms with Gasteiger partial charge in [0.2, 0.25) is 0 Å². The third kappa shape index (κ3) is 5.85. The number of phenolic OH excluding ortho intramolecular Hbond substituents is 1. The van der Waals surface area contributed by atoms with Crippen molar-refractivity contribution in [1.29, 1.82) is 0 Å². The monoisotopic (exact) mass is 405 g/mol. The minimum atomic E-state index is -0.880. The van der Waals surface area contributed by atoms with Gasteiger partial charge in [0.1, 0.15) is 24.1 Å². The van der Waals surface area contributed by atoms with Gasteiger partial charge < -0.3 is 19.9 Å². The van der Waals surface area contributed by atoms with Crippen LogP contribution in [0, 0.1) is 0 Å². The first-order valence-electron chi connectivity index (χ1n) is 9.48. The third-order valence-corrected chi connectivity index (χ3v) is 4.49. The van der Waals surface area contributed by atoms with Crippen molar-refractivity contribution in [2.45, 2.75) is 19.1 Å². The summed E-state index contributed by atoms with van der Waals surface area (Å²) < 4.78 is 10.7. The van der Waals surface area contributed by atoms with Crippen LogP contribution in [0.15, 0.2) is 78.9 Å². The van der Waals surface area contributed by atoms with E-state index in [1.165, 1.54) is 19.2 Å². The lowest BCUT2D eigenvalue weighted by atomic mass is 10.0. The highest BCUT2D eigenvalue weighted by atomic mass is 16.5. The van der Waals surface area contributed by atoms with Crippen LogP contribution in [0.25, 0.3) is 0 Å². The molecule has 154 valence electrons. The predicted molar refractivity (Wildman–Crippen MR) is 112 cm³/mol. The molecule has 3 aromatic carbocycles. The van der Waals surface area contributed by atoms with Gasteiger partial charge in [0.25, 0.3) is 5.91 Å².